The van der Waals surface area contributed by atoms with E-state index in [4.69, 9.17) is 14.6 Å². The van der Waals surface area contributed by atoms with Crippen molar-refractivity contribution in [2.75, 3.05) is 19.8 Å². The van der Waals surface area contributed by atoms with Crippen molar-refractivity contribution in [3.05, 3.63) is 66.0 Å². The van der Waals surface area contributed by atoms with Gasteiger partial charge in [0.2, 0.25) is 0 Å². The highest BCUT2D eigenvalue weighted by atomic mass is 19.1. The number of esters is 1. The van der Waals surface area contributed by atoms with Crippen molar-refractivity contribution in [3.63, 3.8) is 0 Å². The van der Waals surface area contributed by atoms with E-state index in [2.05, 4.69) is 6.58 Å². The molecule has 0 saturated heterocycles. The predicted molar refractivity (Wildman–Crippen MR) is 98.6 cm³/mol. The number of hydrogen-bond donors (Lipinski definition) is 1. The second-order valence-electron chi connectivity index (χ2n) is 5.85. The predicted octanol–water partition coefficient (Wildman–Crippen LogP) is 3.83. The van der Waals surface area contributed by atoms with Gasteiger partial charge in [-0.3, -0.25) is 0 Å². The third-order valence-corrected chi connectivity index (χ3v) is 3.86. The molecule has 0 amide bonds. The van der Waals surface area contributed by atoms with Gasteiger partial charge >= 0.3 is 5.97 Å². The van der Waals surface area contributed by atoms with Crippen molar-refractivity contribution in [2.45, 2.75) is 19.8 Å². The normalized spacial score (nSPS) is 10.4. The van der Waals surface area contributed by atoms with Gasteiger partial charge in [0.15, 0.2) is 0 Å². The van der Waals surface area contributed by atoms with E-state index in [1.165, 1.54) is 6.07 Å². The minimum Gasteiger partial charge on any atom is -0.490 e. The first kappa shape index (κ1) is 19.7. The lowest BCUT2D eigenvalue weighted by Crippen LogP contribution is -2.11. The number of carbonyl (C=O) groups excluding carboxylic acids is 1. The zero-order valence-corrected chi connectivity index (χ0v) is 14.8. The number of aliphatic hydroxyl groups is 1. The van der Waals surface area contributed by atoms with Gasteiger partial charge in [-0.15, -0.1) is 0 Å². The maximum Gasteiger partial charge on any atom is 0.330 e. The van der Waals surface area contributed by atoms with E-state index in [0.717, 1.165) is 17.2 Å². The molecule has 138 valence electrons. The summed E-state index contributed by atoms with van der Waals surface area (Å²) in [5.74, 6) is -0.214. The van der Waals surface area contributed by atoms with Gasteiger partial charge in [-0.05, 0) is 48.6 Å². The van der Waals surface area contributed by atoms with E-state index in [1.807, 2.05) is 25.1 Å². The van der Waals surface area contributed by atoms with Crippen LogP contribution in [-0.4, -0.2) is 30.9 Å². The van der Waals surface area contributed by atoms with Crippen molar-refractivity contribution >= 4 is 5.97 Å². The zero-order valence-electron chi connectivity index (χ0n) is 14.8. The highest BCUT2D eigenvalue weighted by Crippen LogP contribution is 2.30. The fraction of sp³-hybridized carbons (Fsp3) is 0.286. The van der Waals surface area contributed by atoms with E-state index in [9.17, 15) is 9.18 Å². The first-order chi connectivity index (χ1) is 12.5. The summed E-state index contributed by atoms with van der Waals surface area (Å²) >= 11 is 0. The van der Waals surface area contributed by atoms with Gasteiger partial charge in [-0.25, -0.2) is 9.18 Å². The Kier molecular flexibility index (Phi) is 7.36. The van der Waals surface area contributed by atoms with Gasteiger partial charge in [0.1, 0.15) is 24.8 Å². The molecule has 1 N–H and O–H groups in total. The number of halogens is 1. The Morgan fingerprint density at radius 1 is 1.23 bits per heavy atom. The molecule has 2 rings (SSSR count). The average molecular weight is 358 g/mol. The summed E-state index contributed by atoms with van der Waals surface area (Å²) in [7, 11) is 0. The number of aliphatic hydroxyl groups excluding tert-OH is 1. The van der Waals surface area contributed by atoms with Crippen LogP contribution in [0.2, 0.25) is 0 Å². The Hall–Kier alpha value is -2.66. The minimum absolute atomic E-state index is 0.0741. The largest absolute Gasteiger partial charge is 0.490 e. The molecule has 0 unspecified atom stereocenters. The van der Waals surface area contributed by atoms with Crippen molar-refractivity contribution in [1.29, 1.82) is 0 Å². The number of rotatable bonds is 9. The Morgan fingerprint density at radius 3 is 2.73 bits per heavy atom. The molecule has 0 spiro atoms. The van der Waals surface area contributed by atoms with Crippen molar-refractivity contribution < 1.29 is 23.8 Å². The molecule has 0 aliphatic heterocycles. The second-order valence-corrected chi connectivity index (χ2v) is 5.85. The van der Waals surface area contributed by atoms with Crippen LogP contribution in [0, 0.1) is 12.7 Å². The molecule has 0 aliphatic rings. The lowest BCUT2D eigenvalue weighted by Gasteiger charge is -2.14. The van der Waals surface area contributed by atoms with Crippen LogP contribution in [0.3, 0.4) is 0 Å². The molecule has 0 atom stereocenters. The summed E-state index contributed by atoms with van der Waals surface area (Å²) in [5, 5.41) is 9.06. The van der Waals surface area contributed by atoms with Crippen LogP contribution in [0.5, 0.6) is 5.75 Å². The summed E-state index contributed by atoms with van der Waals surface area (Å²) in [6.07, 6.45) is 2.32. The van der Waals surface area contributed by atoms with Crippen LogP contribution in [0.1, 0.15) is 17.5 Å². The first-order valence-electron chi connectivity index (χ1n) is 8.47. The Bertz CT molecular complexity index is 771. The monoisotopic (exact) mass is 358 g/mol. The van der Waals surface area contributed by atoms with Crippen molar-refractivity contribution in [2.24, 2.45) is 0 Å². The maximum atomic E-state index is 14.3. The fourth-order valence-corrected chi connectivity index (χ4v) is 2.54. The molecule has 2 aromatic carbocycles. The molecule has 0 fully saturated rings. The van der Waals surface area contributed by atoms with Crippen molar-refractivity contribution in [1.82, 2.24) is 0 Å². The first-order valence-corrected chi connectivity index (χ1v) is 8.47. The Morgan fingerprint density at radius 2 is 2.04 bits per heavy atom. The lowest BCUT2D eigenvalue weighted by atomic mass is 9.99. The standard InChI is InChI=1S/C21H23FO4/c1-3-21(24)26-12-11-25-20-14-17(8-7-16(20)5-4-10-23)18-9-6-15(2)13-19(18)22/h3,6-9,13-14,23H,1,4-5,10-12H2,2H3. The van der Waals surface area contributed by atoms with Crippen LogP contribution in [-0.2, 0) is 16.0 Å². The van der Waals surface area contributed by atoms with E-state index in [0.29, 0.717) is 29.7 Å². The Balaban J connectivity index is 2.20. The number of ether oxygens (including phenoxy) is 2. The molecule has 2 aromatic rings. The summed E-state index contributed by atoms with van der Waals surface area (Å²) in [6, 6.07) is 10.6. The summed E-state index contributed by atoms with van der Waals surface area (Å²) < 4.78 is 24.9. The zero-order chi connectivity index (χ0) is 18.9. The van der Waals surface area contributed by atoms with E-state index >= 15 is 0 Å². The SMILES string of the molecule is C=CC(=O)OCCOc1cc(-c2ccc(C)cc2F)ccc1CCCO. The highest BCUT2D eigenvalue weighted by Gasteiger charge is 2.10. The van der Waals surface area contributed by atoms with Gasteiger partial charge in [0.05, 0.1) is 0 Å². The molecular formula is C21H23FO4. The summed E-state index contributed by atoms with van der Waals surface area (Å²) in [5.41, 5.74) is 2.96. The molecule has 0 aliphatic carbocycles. The average Bonchev–Trinajstić information content (AvgIpc) is 2.63. The third-order valence-electron chi connectivity index (χ3n) is 3.86. The molecule has 0 heterocycles. The molecule has 4 nitrogen and oxygen atoms in total. The fourth-order valence-electron chi connectivity index (χ4n) is 2.54. The van der Waals surface area contributed by atoms with Crippen LogP contribution >= 0.6 is 0 Å². The maximum absolute atomic E-state index is 14.3. The van der Waals surface area contributed by atoms with Gasteiger partial charge in [0.25, 0.3) is 0 Å². The highest BCUT2D eigenvalue weighted by molar-refractivity contribution is 5.81. The summed E-state index contributed by atoms with van der Waals surface area (Å²) in [6.45, 7) is 5.50. The quantitative estimate of drug-likeness (QED) is 0.420. The molecule has 5 heteroatoms. The van der Waals surface area contributed by atoms with Gasteiger partial charge < -0.3 is 14.6 Å². The molecule has 0 radical (unpaired) electrons. The topological polar surface area (TPSA) is 55.8 Å². The van der Waals surface area contributed by atoms with Gasteiger partial charge in [-0.1, -0.05) is 30.8 Å². The number of hydrogen-bond acceptors (Lipinski definition) is 4. The number of aryl methyl sites for hydroxylation is 2. The molecular weight excluding hydrogens is 335 g/mol. The summed E-state index contributed by atoms with van der Waals surface area (Å²) in [4.78, 5) is 11.1. The molecule has 26 heavy (non-hydrogen) atoms. The van der Waals surface area contributed by atoms with Crippen LogP contribution < -0.4 is 4.74 Å². The lowest BCUT2D eigenvalue weighted by molar-refractivity contribution is -0.138. The van der Waals surface area contributed by atoms with Crippen LogP contribution in [0.25, 0.3) is 11.1 Å². The van der Waals surface area contributed by atoms with E-state index < -0.39 is 5.97 Å². The third kappa shape index (κ3) is 5.43. The van der Waals surface area contributed by atoms with Gasteiger partial charge in [0, 0.05) is 18.2 Å². The second kappa shape index (κ2) is 9.73. The van der Waals surface area contributed by atoms with Gasteiger partial charge in [-0.2, -0.15) is 0 Å². The van der Waals surface area contributed by atoms with Crippen LogP contribution in [0.15, 0.2) is 49.1 Å². The number of benzene rings is 2. The molecule has 0 bridgehead atoms. The number of carbonyl (C=O) groups is 1. The molecule has 0 aromatic heterocycles. The van der Waals surface area contributed by atoms with Crippen LogP contribution in [0.4, 0.5) is 4.39 Å². The Labute approximate surface area is 152 Å². The van der Waals surface area contributed by atoms with E-state index in [1.54, 1.807) is 12.1 Å². The van der Waals surface area contributed by atoms with Crippen molar-refractivity contribution in [3.8, 4) is 16.9 Å². The van der Waals surface area contributed by atoms with E-state index in [-0.39, 0.29) is 25.6 Å². The minimum atomic E-state index is -0.510. The smallest absolute Gasteiger partial charge is 0.330 e. The molecule has 0 saturated carbocycles.